The summed E-state index contributed by atoms with van der Waals surface area (Å²) in [5, 5.41) is 14.2. The molecule has 0 aromatic heterocycles. The number of rotatable bonds is 10. The third-order valence-electron chi connectivity index (χ3n) is 5.40. The Morgan fingerprint density at radius 2 is 1.66 bits per heavy atom. The van der Waals surface area contributed by atoms with Crippen molar-refractivity contribution in [3.8, 4) is 11.1 Å². The second-order valence-electron chi connectivity index (χ2n) is 7.58. The number of fused-ring (bicyclic) bond motifs is 3. The lowest BCUT2D eigenvalue weighted by Crippen LogP contribution is -2.47. The summed E-state index contributed by atoms with van der Waals surface area (Å²) in [5.74, 6) is -1.58. The van der Waals surface area contributed by atoms with E-state index < -0.39 is 24.0 Å². The molecule has 0 heterocycles. The lowest BCUT2D eigenvalue weighted by molar-refractivity contribution is -0.137. The van der Waals surface area contributed by atoms with Gasteiger partial charge < -0.3 is 20.5 Å². The first-order valence-electron chi connectivity index (χ1n) is 10.8. The first-order chi connectivity index (χ1) is 15.5. The summed E-state index contributed by atoms with van der Waals surface area (Å²) in [5.41, 5.74) is 4.42. The van der Waals surface area contributed by atoms with Gasteiger partial charge in [0.15, 0.2) is 0 Å². The Balaban J connectivity index is 1.63. The summed E-state index contributed by atoms with van der Waals surface area (Å²) >= 11 is 0. The van der Waals surface area contributed by atoms with Gasteiger partial charge in [0.25, 0.3) is 0 Å². The first-order valence-corrected chi connectivity index (χ1v) is 10.8. The van der Waals surface area contributed by atoms with Gasteiger partial charge in [0.05, 0.1) is 0 Å². The molecule has 2 aromatic rings. The van der Waals surface area contributed by atoms with Gasteiger partial charge in [-0.1, -0.05) is 67.6 Å². The maximum absolute atomic E-state index is 12.5. The van der Waals surface area contributed by atoms with E-state index in [-0.39, 0.29) is 25.4 Å². The highest BCUT2D eigenvalue weighted by Gasteiger charge is 2.29. The molecular weight excluding hydrogens is 408 g/mol. The molecule has 0 saturated heterocycles. The monoisotopic (exact) mass is 436 g/mol. The molecule has 1 atom stereocenters. The molecular formula is C25H28N2O5. The number of allylic oxidation sites excluding steroid dienone is 1. The van der Waals surface area contributed by atoms with Gasteiger partial charge >= 0.3 is 12.1 Å². The number of carbonyl (C=O) groups is 3. The average Bonchev–Trinajstić information content (AvgIpc) is 3.11. The van der Waals surface area contributed by atoms with Crippen molar-refractivity contribution in [2.75, 3.05) is 13.2 Å². The number of amides is 2. The Morgan fingerprint density at radius 3 is 2.25 bits per heavy atom. The molecule has 32 heavy (non-hydrogen) atoms. The highest BCUT2D eigenvalue weighted by Crippen LogP contribution is 2.44. The van der Waals surface area contributed by atoms with E-state index in [4.69, 9.17) is 9.84 Å². The van der Waals surface area contributed by atoms with Crippen molar-refractivity contribution in [1.29, 1.82) is 0 Å². The van der Waals surface area contributed by atoms with E-state index in [0.29, 0.717) is 6.54 Å². The van der Waals surface area contributed by atoms with Crippen molar-refractivity contribution in [1.82, 2.24) is 10.6 Å². The standard InChI is InChI=1S/C25H28N2O5/c1-2-3-8-15-26-24(30)22(13-14-23(28)29)27-25(31)32-16-21-19-11-6-4-9-17(19)18-10-5-7-12-20(18)21/h3-12,21-22H,2,13-16H2,1H3,(H,26,30)(H,27,31)(H,28,29)/b8-3+. The molecule has 2 amide bonds. The highest BCUT2D eigenvalue weighted by molar-refractivity contribution is 5.86. The van der Waals surface area contributed by atoms with Crippen LogP contribution in [0.3, 0.4) is 0 Å². The molecule has 1 aliphatic carbocycles. The summed E-state index contributed by atoms with van der Waals surface area (Å²) in [7, 11) is 0. The SMILES string of the molecule is CC/C=C/CNC(=O)C(CCC(=O)O)NC(=O)OCC1c2ccccc2-c2ccccc21. The number of ether oxygens (including phenoxy) is 1. The number of aliphatic carboxylic acids is 1. The van der Waals surface area contributed by atoms with Crippen LogP contribution in [0.4, 0.5) is 4.79 Å². The van der Waals surface area contributed by atoms with Crippen LogP contribution in [0.15, 0.2) is 60.7 Å². The second-order valence-corrected chi connectivity index (χ2v) is 7.58. The van der Waals surface area contributed by atoms with Crippen LogP contribution in [0.1, 0.15) is 43.2 Å². The quantitative estimate of drug-likeness (QED) is 0.491. The van der Waals surface area contributed by atoms with Gasteiger partial charge in [-0.2, -0.15) is 0 Å². The number of hydrogen-bond donors (Lipinski definition) is 3. The van der Waals surface area contributed by atoms with E-state index >= 15 is 0 Å². The summed E-state index contributed by atoms with van der Waals surface area (Å²) < 4.78 is 5.48. The number of benzene rings is 2. The van der Waals surface area contributed by atoms with Crippen molar-refractivity contribution in [2.24, 2.45) is 0 Å². The molecule has 0 saturated carbocycles. The predicted octanol–water partition coefficient (Wildman–Crippen LogP) is 3.84. The van der Waals surface area contributed by atoms with Crippen molar-refractivity contribution in [3.63, 3.8) is 0 Å². The fraction of sp³-hybridized carbons (Fsp3) is 0.320. The molecule has 3 rings (SSSR count). The molecule has 3 N–H and O–H groups in total. The lowest BCUT2D eigenvalue weighted by atomic mass is 9.98. The number of carboxylic acids is 1. The van der Waals surface area contributed by atoms with E-state index in [2.05, 4.69) is 10.6 Å². The van der Waals surface area contributed by atoms with Crippen molar-refractivity contribution in [2.45, 2.75) is 38.1 Å². The molecule has 7 heteroatoms. The lowest BCUT2D eigenvalue weighted by Gasteiger charge is -2.19. The van der Waals surface area contributed by atoms with Gasteiger partial charge in [0.1, 0.15) is 12.6 Å². The van der Waals surface area contributed by atoms with Gasteiger partial charge in [-0.05, 0) is 35.1 Å². The predicted molar refractivity (Wildman–Crippen MR) is 121 cm³/mol. The van der Waals surface area contributed by atoms with E-state index in [9.17, 15) is 14.4 Å². The van der Waals surface area contributed by atoms with Gasteiger partial charge in [0, 0.05) is 18.9 Å². The van der Waals surface area contributed by atoms with Crippen LogP contribution in [0.25, 0.3) is 11.1 Å². The van der Waals surface area contributed by atoms with Crippen molar-refractivity contribution < 1.29 is 24.2 Å². The third-order valence-corrected chi connectivity index (χ3v) is 5.40. The second kappa shape index (κ2) is 11.1. The number of nitrogens with one attached hydrogen (secondary N) is 2. The van der Waals surface area contributed by atoms with E-state index in [0.717, 1.165) is 28.7 Å². The van der Waals surface area contributed by atoms with E-state index in [1.807, 2.05) is 61.5 Å². The Hall–Kier alpha value is -3.61. The van der Waals surface area contributed by atoms with Crippen LogP contribution in [-0.2, 0) is 14.3 Å². The summed E-state index contributed by atoms with van der Waals surface area (Å²) in [6.45, 7) is 2.40. The largest absolute Gasteiger partial charge is 0.481 e. The molecule has 1 unspecified atom stereocenters. The normalized spacial score (nSPS) is 13.3. The minimum atomic E-state index is -1.04. The van der Waals surface area contributed by atoms with Crippen LogP contribution < -0.4 is 10.6 Å². The van der Waals surface area contributed by atoms with E-state index in [1.54, 1.807) is 6.08 Å². The fourth-order valence-corrected chi connectivity index (χ4v) is 3.85. The number of alkyl carbamates (subject to hydrolysis) is 1. The van der Waals surface area contributed by atoms with Crippen LogP contribution >= 0.6 is 0 Å². The zero-order chi connectivity index (χ0) is 22.9. The molecule has 0 spiro atoms. The Morgan fingerprint density at radius 1 is 1.03 bits per heavy atom. The smallest absolute Gasteiger partial charge is 0.407 e. The molecule has 168 valence electrons. The Bertz CT molecular complexity index is 956. The third kappa shape index (κ3) is 5.75. The minimum absolute atomic E-state index is 0.0249. The van der Waals surface area contributed by atoms with Crippen LogP contribution in [0.5, 0.6) is 0 Å². The summed E-state index contributed by atoms with van der Waals surface area (Å²) in [4.78, 5) is 35.9. The Labute approximate surface area is 187 Å². The maximum Gasteiger partial charge on any atom is 0.407 e. The topological polar surface area (TPSA) is 105 Å². The summed E-state index contributed by atoms with van der Waals surface area (Å²) in [6, 6.07) is 15.0. The fourth-order valence-electron chi connectivity index (χ4n) is 3.85. The molecule has 0 bridgehead atoms. The van der Waals surface area contributed by atoms with Gasteiger partial charge in [-0.3, -0.25) is 9.59 Å². The van der Waals surface area contributed by atoms with E-state index in [1.165, 1.54) is 0 Å². The molecule has 2 aromatic carbocycles. The Kier molecular flexibility index (Phi) is 8.02. The minimum Gasteiger partial charge on any atom is -0.481 e. The molecule has 1 aliphatic rings. The highest BCUT2D eigenvalue weighted by atomic mass is 16.5. The number of hydrogen-bond acceptors (Lipinski definition) is 4. The number of carboxylic acid groups (broad SMARTS) is 1. The van der Waals surface area contributed by atoms with Crippen molar-refractivity contribution in [3.05, 3.63) is 71.8 Å². The first kappa shape index (κ1) is 23.1. The van der Waals surface area contributed by atoms with Crippen LogP contribution in [-0.4, -0.2) is 42.3 Å². The average molecular weight is 437 g/mol. The zero-order valence-corrected chi connectivity index (χ0v) is 18.0. The number of carbonyl (C=O) groups excluding carboxylic acids is 2. The van der Waals surface area contributed by atoms with Crippen LogP contribution in [0, 0.1) is 0 Å². The maximum atomic E-state index is 12.5. The molecule has 0 radical (unpaired) electrons. The van der Waals surface area contributed by atoms with Crippen molar-refractivity contribution >= 4 is 18.0 Å². The zero-order valence-electron chi connectivity index (χ0n) is 18.0. The van der Waals surface area contributed by atoms with Gasteiger partial charge in [-0.25, -0.2) is 4.79 Å². The molecule has 0 aliphatic heterocycles. The van der Waals surface area contributed by atoms with Crippen LogP contribution in [0.2, 0.25) is 0 Å². The molecule has 0 fully saturated rings. The van der Waals surface area contributed by atoms with Gasteiger partial charge in [0.2, 0.25) is 5.91 Å². The van der Waals surface area contributed by atoms with Gasteiger partial charge in [-0.15, -0.1) is 0 Å². The molecule has 7 nitrogen and oxygen atoms in total. The summed E-state index contributed by atoms with van der Waals surface area (Å²) in [6.07, 6.45) is 3.54.